The number of aryl methyl sites for hydroxylation is 1. The molecule has 0 aliphatic carbocycles. The lowest BCUT2D eigenvalue weighted by molar-refractivity contribution is -0.139. The molecule has 0 saturated heterocycles. The molecule has 7 heteroatoms. The summed E-state index contributed by atoms with van der Waals surface area (Å²) >= 11 is 6.00. The number of hydrogen-bond donors (Lipinski definition) is 1. The molecule has 0 radical (unpaired) electrons. The minimum Gasteiger partial charge on any atom is -0.484 e. The van der Waals surface area contributed by atoms with E-state index in [4.69, 9.17) is 35.9 Å². The van der Waals surface area contributed by atoms with Gasteiger partial charge in [0.15, 0.2) is 6.61 Å². The Morgan fingerprint density at radius 1 is 1.13 bits per heavy atom. The Hall–Kier alpha value is -3.09. The number of nitrogens with zero attached hydrogens (tertiary/aromatic N) is 1. The fourth-order valence-electron chi connectivity index (χ4n) is 3.07. The first-order valence-electron chi connectivity index (χ1n) is 9.80. The van der Waals surface area contributed by atoms with Gasteiger partial charge in [-0.1, -0.05) is 29.8 Å². The Kier molecular flexibility index (Phi) is 7.87. The molecule has 1 N–H and O–H groups in total. The Labute approximate surface area is 186 Å². The minimum absolute atomic E-state index is 0.322. The number of pyridine rings is 1. The molecule has 162 valence electrons. The summed E-state index contributed by atoms with van der Waals surface area (Å²) < 4.78 is 16.8. The highest BCUT2D eigenvalue weighted by Crippen LogP contribution is 2.30. The number of methoxy groups -OCH3 is 1. The number of ether oxygens (including phenoxy) is 3. The van der Waals surface area contributed by atoms with Crippen molar-refractivity contribution >= 4 is 17.6 Å². The lowest BCUT2D eigenvalue weighted by Crippen LogP contribution is -2.13. The minimum atomic E-state index is -1.02. The van der Waals surface area contributed by atoms with E-state index in [0.717, 1.165) is 22.5 Å². The molecule has 6 nitrogen and oxygen atoms in total. The third kappa shape index (κ3) is 6.44. The second kappa shape index (κ2) is 10.8. The van der Waals surface area contributed by atoms with Crippen molar-refractivity contribution in [2.75, 3.05) is 20.3 Å². The lowest BCUT2D eigenvalue weighted by atomic mass is 10.1. The van der Waals surface area contributed by atoms with E-state index in [2.05, 4.69) is 0 Å². The molecule has 3 rings (SSSR count). The highest BCUT2D eigenvalue weighted by molar-refractivity contribution is 6.30. The van der Waals surface area contributed by atoms with Crippen LogP contribution in [0.4, 0.5) is 0 Å². The van der Waals surface area contributed by atoms with Crippen LogP contribution in [0.3, 0.4) is 0 Å². The van der Waals surface area contributed by atoms with Gasteiger partial charge < -0.3 is 19.3 Å². The van der Waals surface area contributed by atoms with Gasteiger partial charge in [0.25, 0.3) is 0 Å². The van der Waals surface area contributed by atoms with Crippen LogP contribution in [0.25, 0.3) is 11.3 Å². The van der Waals surface area contributed by atoms with E-state index < -0.39 is 5.97 Å². The zero-order valence-electron chi connectivity index (χ0n) is 17.4. The molecule has 1 heterocycles. The molecule has 0 aliphatic rings. The first-order valence-corrected chi connectivity index (χ1v) is 10.2. The van der Waals surface area contributed by atoms with Crippen LogP contribution in [0.15, 0.2) is 60.7 Å². The smallest absolute Gasteiger partial charge is 0.341 e. The van der Waals surface area contributed by atoms with Crippen molar-refractivity contribution in [2.45, 2.75) is 19.4 Å². The molecule has 2 aromatic carbocycles. The first kappa shape index (κ1) is 22.6. The van der Waals surface area contributed by atoms with E-state index in [1.807, 2.05) is 55.5 Å². The maximum atomic E-state index is 10.7. The largest absolute Gasteiger partial charge is 0.484 e. The summed E-state index contributed by atoms with van der Waals surface area (Å²) in [6.45, 7) is 1.96. The van der Waals surface area contributed by atoms with E-state index in [0.29, 0.717) is 29.5 Å². The number of carbonyl (C=O) groups is 1. The number of benzene rings is 2. The summed E-state index contributed by atoms with van der Waals surface area (Å²) in [5.74, 6) is 0.122. The maximum Gasteiger partial charge on any atom is 0.341 e. The number of carboxylic acids is 1. The summed E-state index contributed by atoms with van der Waals surface area (Å²) in [6, 6.07) is 18.6. The highest BCUT2D eigenvalue weighted by Gasteiger charge is 2.17. The average Bonchev–Trinajstić information content (AvgIpc) is 2.76. The van der Waals surface area contributed by atoms with Crippen LogP contribution in [0.2, 0.25) is 5.02 Å². The summed E-state index contributed by atoms with van der Waals surface area (Å²) in [4.78, 5) is 15.5. The predicted molar refractivity (Wildman–Crippen MR) is 119 cm³/mol. The van der Waals surface area contributed by atoms with Gasteiger partial charge in [0, 0.05) is 24.1 Å². The molecular formula is C24H24ClNO5. The quantitative estimate of drug-likeness (QED) is 0.458. The summed E-state index contributed by atoms with van der Waals surface area (Å²) in [5.41, 5.74) is 3.36. The number of aliphatic carboxylic acids is 1. The Bertz CT molecular complexity index is 1020. The Morgan fingerprint density at radius 3 is 2.58 bits per heavy atom. The predicted octanol–water partition coefficient (Wildman–Crippen LogP) is 5.33. The number of carboxylic acid groups (broad SMARTS) is 1. The van der Waals surface area contributed by atoms with Gasteiger partial charge in [0.1, 0.15) is 17.6 Å². The summed E-state index contributed by atoms with van der Waals surface area (Å²) in [6.07, 6.45) is 0.293. The van der Waals surface area contributed by atoms with Crippen LogP contribution >= 0.6 is 11.6 Å². The zero-order valence-corrected chi connectivity index (χ0v) is 18.1. The van der Waals surface area contributed by atoms with Crippen molar-refractivity contribution < 1.29 is 24.1 Å². The number of halogens is 1. The van der Waals surface area contributed by atoms with E-state index in [1.165, 1.54) is 0 Å². The average molecular weight is 442 g/mol. The van der Waals surface area contributed by atoms with Gasteiger partial charge in [-0.25, -0.2) is 9.78 Å². The molecule has 1 atom stereocenters. The van der Waals surface area contributed by atoms with Gasteiger partial charge in [-0.15, -0.1) is 0 Å². The van der Waals surface area contributed by atoms with Crippen LogP contribution in [0.1, 0.15) is 23.8 Å². The third-order valence-electron chi connectivity index (χ3n) is 4.60. The second-order valence-corrected chi connectivity index (χ2v) is 7.39. The van der Waals surface area contributed by atoms with Gasteiger partial charge >= 0.3 is 5.97 Å². The first-order chi connectivity index (χ1) is 15.0. The maximum absolute atomic E-state index is 10.7. The Balaban J connectivity index is 1.82. The second-order valence-electron chi connectivity index (χ2n) is 6.95. The molecular weight excluding hydrogens is 418 g/mol. The van der Waals surface area contributed by atoms with E-state index in [9.17, 15) is 4.79 Å². The van der Waals surface area contributed by atoms with Gasteiger partial charge in [0.05, 0.1) is 18.0 Å². The summed E-state index contributed by atoms with van der Waals surface area (Å²) in [7, 11) is 1.65. The van der Waals surface area contributed by atoms with Gasteiger partial charge in [-0.05, 0) is 55.0 Å². The van der Waals surface area contributed by atoms with Crippen molar-refractivity contribution in [1.29, 1.82) is 0 Å². The van der Waals surface area contributed by atoms with Crippen molar-refractivity contribution in [1.82, 2.24) is 4.98 Å². The number of aromatic nitrogens is 1. The topological polar surface area (TPSA) is 77.9 Å². The molecule has 0 spiro atoms. The van der Waals surface area contributed by atoms with Gasteiger partial charge in [-0.3, -0.25) is 0 Å². The van der Waals surface area contributed by atoms with Crippen molar-refractivity contribution in [3.8, 4) is 22.8 Å². The molecule has 0 saturated carbocycles. The third-order valence-corrected chi connectivity index (χ3v) is 4.85. The molecule has 3 aromatic rings. The molecule has 0 bridgehead atoms. The standard InChI is InChI=1S/C24H24ClNO5/c1-16-14-19(10-11-22(16)30-15-24(27)28)31-23(12-13-29-2)21-5-3-4-20(26-21)17-6-8-18(25)9-7-17/h3-11,14,23H,12-13,15H2,1-2H3,(H,27,28). The molecule has 0 amide bonds. The molecule has 0 fully saturated rings. The van der Waals surface area contributed by atoms with Crippen LogP contribution in [0, 0.1) is 6.92 Å². The molecule has 31 heavy (non-hydrogen) atoms. The monoisotopic (exact) mass is 441 g/mol. The van der Waals surface area contributed by atoms with E-state index in [-0.39, 0.29) is 12.7 Å². The zero-order chi connectivity index (χ0) is 22.2. The SMILES string of the molecule is COCCC(Oc1ccc(OCC(=O)O)c(C)c1)c1cccc(-c2ccc(Cl)cc2)n1. The normalized spacial score (nSPS) is 11.7. The van der Waals surface area contributed by atoms with Crippen molar-refractivity contribution in [3.63, 3.8) is 0 Å². The van der Waals surface area contributed by atoms with E-state index in [1.54, 1.807) is 19.2 Å². The molecule has 1 aromatic heterocycles. The fourth-order valence-corrected chi connectivity index (χ4v) is 3.19. The van der Waals surface area contributed by atoms with Crippen LogP contribution < -0.4 is 9.47 Å². The lowest BCUT2D eigenvalue weighted by Gasteiger charge is -2.20. The fraction of sp³-hybridized carbons (Fsp3) is 0.250. The highest BCUT2D eigenvalue weighted by atomic mass is 35.5. The van der Waals surface area contributed by atoms with Crippen LogP contribution in [-0.4, -0.2) is 36.4 Å². The van der Waals surface area contributed by atoms with Gasteiger partial charge in [-0.2, -0.15) is 0 Å². The molecule has 0 aliphatic heterocycles. The molecule has 1 unspecified atom stereocenters. The van der Waals surface area contributed by atoms with Gasteiger partial charge in [0.2, 0.25) is 0 Å². The van der Waals surface area contributed by atoms with Crippen LogP contribution in [0.5, 0.6) is 11.5 Å². The summed E-state index contributed by atoms with van der Waals surface area (Å²) in [5, 5.41) is 9.46. The van der Waals surface area contributed by atoms with E-state index >= 15 is 0 Å². The van der Waals surface area contributed by atoms with Crippen LogP contribution in [-0.2, 0) is 9.53 Å². The Morgan fingerprint density at radius 2 is 1.90 bits per heavy atom. The number of rotatable bonds is 10. The van der Waals surface area contributed by atoms with Crippen molar-refractivity contribution in [3.05, 3.63) is 76.9 Å². The number of hydrogen-bond acceptors (Lipinski definition) is 5. The van der Waals surface area contributed by atoms with Crippen molar-refractivity contribution in [2.24, 2.45) is 0 Å².